The van der Waals surface area contributed by atoms with Gasteiger partial charge in [-0.25, -0.2) is 5.01 Å². The van der Waals surface area contributed by atoms with Crippen LogP contribution in [0.2, 0.25) is 0 Å². The van der Waals surface area contributed by atoms with Gasteiger partial charge in [-0.15, -0.1) is 0 Å². The van der Waals surface area contributed by atoms with Gasteiger partial charge >= 0.3 is 0 Å². The second-order valence-electron chi connectivity index (χ2n) is 10.4. The molecular formula is C22H37N5O3. The standard InChI is InChI=1S/C22H37N5O3/c28-22(15-1-2-15)26-8-5-14(6-9-26)20-24-21(30-25-20)16-3-4-17-12-23-27(19(17)11-16)18-7-10-29-13-18/h14-21,23-25H,1-13H2/t16?,17?,18-,19?,20?,21?/m0/s1. The highest BCUT2D eigenvalue weighted by Gasteiger charge is 2.46. The van der Waals surface area contributed by atoms with E-state index in [9.17, 15) is 4.79 Å². The summed E-state index contributed by atoms with van der Waals surface area (Å²) in [6.07, 6.45) is 9.49. The number of rotatable bonds is 4. The highest BCUT2D eigenvalue weighted by molar-refractivity contribution is 5.81. The number of hydroxylamine groups is 1. The Hall–Kier alpha value is -0.770. The minimum Gasteiger partial charge on any atom is -0.380 e. The first-order valence-corrected chi connectivity index (χ1v) is 12.3. The molecule has 2 aliphatic carbocycles. The molecule has 8 nitrogen and oxygen atoms in total. The third-order valence-corrected chi connectivity index (χ3v) is 8.53. The second kappa shape index (κ2) is 8.30. The van der Waals surface area contributed by atoms with Gasteiger partial charge in [0, 0.05) is 44.1 Å². The van der Waals surface area contributed by atoms with Gasteiger partial charge in [0.25, 0.3) is 0 Å². The molecule has 0 bridgehead atoms. The summed E-state index contributed by atoms with van der Waals surface area (Å²) in [7, 11) is 0. The molecule has 6 rings (SSSR count). The Labute approximate surface area is 179 Å². The van der Waals surface area contributed by atoms with E-state index in [2.05, 4.69) is 26.1 Å². The maximum absolute atomic E-state index is 12.3. The summed E-state index contributed by atoms with van der Waals surface area (Å²) in [5.74, 6) is 2.59. The molecule has 8 heteroatoms. The molecule has 0 radical (unpaired) electrons. The normalized spacial score (nSPS) is 43.3. The number of piperidine rings is 1. The Morgan fingerprint density at radius 3 is 2.53 bits per heavy atom. The van der Waals surface area contributed by atoms with Gasteiger partial charge in [-0.1, -0.05) is 0 Å². The Balaban J connectivity index is 1.01. The van der Waals surface area contributed by atoms with Gasteiger partial charge in [-0.3, -0.25) is 20.4 Å². The first-order chi connectivity index (χ1) is 14.8. The van der Waals surface area contributed by atoms with Crippen molar-refractivity contribution in [3.05, 3.63) is 0 Å². The molecule has 0 aromatic carbocycles. The van der Waals surface area contributed by atoms with Crippen molar-refractivity contribution in [2.24, 2.45) is 23.7 Å². The molecular weight excluding hydrogens is 382 g/mol. The van der Waals surface area contributed by atoms with E-state index < -0.39 is 0 Å². The summed E-state index contributed by atoms with van der Waals surface area (Å²) in [5, 5.41) is 6.30. The monoisotopic (exact) mass is 419 g/mol. The fourth-order valence-corrected chi connectivity index (χ4v) is 6.47. The van der Waals surface area contributed by atoms with Gasteiger partial charge in [-0.05, 0) is 63.2 Å². The zero-order valence-electron chi connectivity index (χ0n) is 17.9. The molecule has 5 unspecified atom stereocenters. The summed E-state index contributed by atoms with van der Waals surface area (Å²) >= 11 is 0. The number of amides is 1. The smallest absolute Gasteiger partial charge is 0.225 e. The third kappa shape index (κ3) is 3.80. The number of likely N-dealkylation sites (tertiary alicyclic amines) is 1. The van der Waals surface area contributed by atoms with Crippen LogP contribution in [0.25, 0.3) is 0 Å². The van der Waals surface area contributed by atoms with Crippen molar-refractivity contribution in [3.63, 3.8) is 0 Å². The van der Waals surface area contributed by atoms with Gasteiger partial charge in [0.2, 0.25) is 5.91 Å². The van der Waals surface area contributed by atoms with Crippen LogP contribution in [-0.4, -0.2) is 73.1 Å². The summed E-state index contributed by atoms with van der Waals surface area (Å²) in [4.78, 5) is 20.5. The number of nitrogens with zero attached hydrogens (tertiary/aromatic N) is 2. The van der Waals surface area contributed by atoms with Gasteiger partial charge in [0.1, 0.15) is 6.23 Å². The van der Waals surface area contributed by atoms with Crippen LogP contribution < -0.4 is 16.2 Å². The molecule has 30 heavy (non-hydrogen) atoms. The van der Waals surface area contributed by atoms with Crippen LogP contribution in [0.15, 0.2) is 0 Å². The van der Waals surface area contributed by atoms with E-state index in [-0.39, 0.29) is 12.4 Å². The molecule has 4 aliphatic heterocycles. The van der Waals surface area contributed by atoms with Crippen molar-refractivity contribution in [1.29, 1.82) is 0 Å². The largest absolute Gasteiger partial charge is 0.380 e. The average molecular weight is 420 g/mol. The van der Waals surface area contributed by atoms with E-state index in [0.29, 0.717) is 35.7 Å². The van der Waals surface area contributed by atoms with Crippen molar-refractivity contribution in [1.82, 2.24) is 26.1 Å². The SMILES string of the molecule is O=C(C1CC1)N1CCC(C2NOC(C3CCC4CNN([C@H]5CCOC5)C4C3)N2)CC1. The predicted molar refractivity (Wildman–Crippen MR) is 111 cm³/mol. The maximum atomic E-state index is 12.3. The van der Waals surface area contributed by atoms with Crippen molar-refractivity contribution in [3.8, 4) is 0 Å². The molecule has 2 saturated carbocycles. The molecule has 4 saturated heterocycles. The number of fused-ring (bicyclic) bond motifs is 1. The molecule has 0 aromatic heterocycles. The quantitative estimate of drug-likeness (QED) is 0.622. The van der Waals surface area contributed by atoms with Crippen molar-refractivity contribution in [2.75, 3.05) is 32.8 Å². The molecule has 6 aliphatic rings. The number of carbonyl (C=O) groups is 1. The fraction of sp³-hybridized carbons (Fsp3) is 0.955. The number of hydrogen-bond acceptors (Lipinski definition) is 7. The van der Waals surface area contributed by atoms with E-state index in [1.165, 1.54) is 19.3 Å². The molecule has 0 spiro atoms. The van der Waals surface area contributed by atoms with E-state index in [4.69, 9.17) is 9.57 Å². The zero-order valence-corrected chi connectivity index (χ0v) is 17.9. The highest BCUT2D eigenvalue weighted by atomic mass is 16.7. The Morgan fingerprint density at radius 1 is 0.933 bits per heavy atom. The van der Waals surface area contributed by atoms with E-state index in [1.807, 2.05) is 0 Å². The first-order valence-electron chi connectivity index (χ1n) is 12.3. The highest BCUT2D eigenvalue weighted by Crippen LogP contribution is 2.39. The molecule has 168 valence electrons. The third-order valence-electron chi connectivity index (χ3n) is 8.53. The lowest BCUT2D eigenvalue weighted by Gasteiger charge is -2.39. The number of ether oxygens (including phenoxy) is 1. The van der Waals surface area contributed by atoms with Crippen LogP contribution >= 0.6 is 0 Å². The van der Waals surface area contributed by atoms with Crippen molar-refractivity contribution < 1.29 is 14.4 Å². The first kappa shape index (κ1) is 19.9. The summed E-state index contributed by atoms with van der Waals surface area (Å²) in [6, 6.07) is 1.14. The molecule has 6 atom stereocenters. The van der Waals surface area contributed by atoms with E-state index in [1.54, 1.807) is 0 Å². The van der Waals surface area contributed by atoms with Crippen LogP contribution in [0, 0.1) is 23.7 Å². The fourth-order valence-electron chi connectivity index (χ4n) is 6.47. The average Bonchev–Trinajstić information content (AvgIpc) is 3.18. The van der Waals surface area contributed by atoms with Gasteiger partial charge in [0.15, 0.2) is 0 Å². The zero-order chi connectivity index (χ0) is 20.1. The van der Waals surface area contributed by atoms with Crippen LogP contribution in [0.1, 0.15) is 51.4 Å². The number of nitrogens with one attached hydrogen (secondary N) is 3. The number of hydrazine groups is 1. The van der Waals surface area contributed by atoms with Gasteiger partial charge in [0.05, 0.1) is 18.8 Å². The molecule has 1 amide bonds. The molecule has 0 aromatic rings. The Bertz CT molecular complexity index is 632. The lowest BCUT2D eigenvalue weighted by molar-refractivity contribution is -0.134. The summed E-state index contributed by atoms with van der Waals surface area (Å²) in [5.41, 5.74) is 7.00. The van der Waals surface area contributed by atoms with E-state index in [0.717, 1.165) is 70.9 Å². The Morgan fingerprint density at radius 2 is 1.77 bits per heavy atom. The number of carbonyl (C=O) groups excluding carboxylic acids is 1. The lowest BCUT2D eigenvalue weighted by Crippen LogP contribution is -2.51. The van der Waals surface area contributed by atoms with Gasteiger partial charge in [-0.2, -0.15) is 5.48 Å². The lowest BCUT2D eigenvalue weighted by atomic mass is 9.77. The summed E-state index contributed by atoms with van der Waals surface area (Å²) in [6.45, 7) is 4.69. The Kier molecular flexibility index (Phi) is 5.50. The van der Waals surface area contributed by atoms with Crippen LogP contribution in [0.5, 0.6) is 0 Å². The predicted octanol–water partition coefficient (Wildman–Crippen LogP) is 0.806. The van der Waals surface area contributed by atoms with Gasteiger partial charge < -0.3 is 9.64 Å². The maximum Gasteiger partial charge on any atom is 0.225 e. The molecule has 4 heterocycles. The minimum atomic E-state index is 0.101. The van der Waals surface area contributed by atoms with Crippen LogP contribution in [-0.2, 0) is 14.4 Å². The van der Waals surface area contributed by atoms with Crippen molar-refractivity contribution >= 4 is 5.91 Å². The minimum absolute atomic E-state index is 0.101. The van der Waals surface area contributed by atoms with Crippen LogP contribution in [0.3, 0.4) is 0 Å². The molecule has 3 N–H and O–H groups in total. The number of hydrogen-bond donors (Lipinski definition) is 3. The topological polar surface area (TPSA) is 78.1 Å². The second-order valence-corrected chi connectivity index (χ2v) is 10.4. The molecule has 6 fully saturated rings. The van der Waals surface area contributed by atoms with Crippen LogP contribution in [0.4, 0.5) is 0 Å². The van der Waals surface area contributed by atoms with E-state index >= 15 is 0 Å². The summed E-state index contributed by atoms with van der Waals surface area (Å²) < 4.78 is 5.64. The van der Waals surface area contributed by atoms with Crippen molar-refractivity contribution in [2.45, 2.75) is 75.8 Å².